The normalized spacial score (nSPS) is 18.1. The summed E-state index contributed by atoms with van der Waals surface area (Å²) in [5.41, 5.74) is 7.66. The quantitative estimate of drug-likeness (QED) is 0.875. The fourth-order valence-electron chi connectivity index (χ4n) is 2.89. The standard InChI is InChI=1S/C17H22N2S/c1-13(18)17(14-6-3-2-4-7-14)19(15-9-10-15)12-16-8-5-11-20-16/h2-8,11,13,15,17H,9-10,12,18H2,1H3. The molecule has 2 unspecified atom stereocenters. The lowest BCUT2D eigenvalue weighted by molar-refractivity contribution is 0.159. The highest BCUT2D eigenvalue weighted by Gasteiger charge is 2.36. The summed E-state index contributed by atoms with van der Waals surface area (Å²) in [5, 5.41) is 2.16. The van der Waals surface area contributed by atoms with Gasteiger partial charge in [-0.3, -0.25) is 4.90 Å². The fraction of sp³-hybridized carbons (Fsp3) is 0.412. The van der Waals surface area contributed by atoms with Crippen LogP contribution in [0.15, 0.2) is 47.8 Å². The Bertz CT molecular complexity index is 517. The third-order valence-corrected chi connectivity index (χ3v) is 4.79. The van der Waals surface area contributed by atoms with Crippen molar-refractivity contribution in [2.45, 2.75) is 44.4 Å². The molecule has 0 radical (unpaired) electrons. The molecule has 0 bridgehead atoms. The monoisotopic (exact) mass is 286 g/mol. The second kappa shape index (κ2) is 6.08. The molecular weight excluding hydrogens is 264 g/mol. The topological polar surface area (TPSA) is 29.3 Å². The maximum absolute atomic E-state index is 6.33. The average Bonchev–Trinajstić information content (AvgIpc) is 3.17. The number of nitrogens with zero attached hydrogens (tertiary/aromatic N) is 1. The number of benzene rings is 1. The highest BCUT2D eigenvalue weighted by molar-refractivity contribution is 7.09. The Morgan fingerprint density at radius 1 is 1.20 bits per heavy atom. The molecule has 1 aliphatic rings. The lowest BCUT2D eigenvalue weighted by atomic mass is 9.99. The van der Waals surface area contributed by atoms with E-state index in [-0.39, 0.29) is 6.04 Å². The number of hydrogen-bond acceptors (Lipinski definition) is 3. The van der Waals surface area contributed by atoms with E-state index < -0.39 is 0 Å². The zero-order valence-corrected chi connectivity index (χ0v) is 12.7. The highest BCUT2D eigenvalue weighted by Crippen LogP contribution is 2.37. The van der Waals surface area contributed by atoms with Gasteiger partial charge >= 0.3 is 0 Å². The van der Waals surface area contributed by atoms with Crippen molar-refractivity contribution in [1.29, 1.82) is 0 Å². The SMILES string of the molecule is CC(N)C(c1ccccc1)N(Cc1cccs1)C1CC1. The number of rotatable bonds is 6. The van der Waals surface area contributed by atoms with Crippen LogP contribution in [-0.4, -0.2) is 17.0 Å². The third-order valence-electron chi connectivity index (χ3n) is 3.93. The van der Waals surface area contributed by atoms with Gasteiger partial charge in [-0.25, -0.2) is 0 Å². The number of nitrogens with two attached hydrogens (primary N) is 1. The Morgan fingerprint density at radius 2 is 1.95 bits per heavy atom. The van der Waals surface area contributed by atoms with Crippen LogP contribution in [-0.2, 0) is 6.54 Å². The van der Waals surface area contributed by atoms with E-state index in [0.717, 1.165) is 6.54 Å². The first-order chi connectivity index (χ1) is 9.75. The molecule has 1 aliphatic carbocycles. The van der Waals surface area contributed by atoms with Crippen molar-refractivity contribution in [3.63, 3.8) is 0 Å². The number of hydrogen-bond donors (Lipinski definition) is 1. The van der Waals surface area contributed by atoms with Crippen molar-refractivity contribution in [1.82, 2.24) is 4.90 Å². The maximum atomic E-state index is 6.33. The van der Waals surface area contributed by atoms with Gasteiger partial charge in [0.25, 0.3) is 0 Å². The molecule has 20 heavy (non-hydrogen) atoms. The molecule has 3 heteroatoms. The predicted octanol–water partition coefficient (Wildman–Crippen LogP) is 3.80. The van der Waals surface area contributed by atoms with Crippen LogP contribution < -0.4 is 5.73 Å². The number of thiophene rings is 1. The van der Waals surface area contributed by atoms with Crippen LogP contribution in [0.25, 0.3) is 0 Å². The van der Waals surface area contributed by atoms with Crippen molar-refractivity contribution in [3.8, 4) is 0 Å². The summed E-state index contributed by atoms with van der Waals surface area (Å²) in [7, 11) is 0. The van der Waals surface area contributed by atoms with Gasteiger partial charge in [-0.15, -0.1) is 11.3 Å². The van der Waals surface area contributed by atoms with E-state index in [4.69, 9.17) is 5.73 Å². The van der Waals surface area contributed by atoms with E-state index in [9.17, 15) is 0 Å². The van der Waals surface area contributed by atoms with Gasteiger partial charge in [-0.2, -0.15) is 0 Å². The Labute approximate surface area is 125 Å². The molecule has 2 nitrogen and oxygen atoms in total. The van der Waals surface area contributed by atoms with Gasteiger partial charge in [-0.1, -0.05) is 36.4 Å². The zero-order valence-electron chi connectivity index (χ0n) is 11.9. The van der Waals surface area contributed by atoms with Crippen molar-refractivity contribution in [2.75, 3.05) is 0 Å². The molecule has 0 spiro atoms. The van der Waals surface area contributed by atoms with Crippen LogP contribution in [0.4, 0.5) is 0 Å². The summed E-state index contributed by atoms with van der Waals surface area (Å²) in [4.78, 5) is 4.03. The molecule has 0 amide bonds. The van der Waals surface area contributed by atoms with Crippen LogP contribution in [0.5, 0.6) is 0 Å². The van der Waals surface area contributed by atoms with Gasteiger partial charge in [0.1, 0.15) is 0 Å². The maximum Gasteiger partial charge on any atom is 0.0503 e. The van der Waals surface area contributed by atoms with Gasteiger partial charge in [0.2, 0.25) is 0 Å². The first kappa shape index (κ1) is 13.8. The minimum atomic E-state index is 0.137. The lowest BCUT2D eigenvalue weighted by Gasteiger charge is -2.34. The van der Waals surface area contributed by atoms with Gasteiger partial charge in [0, 0.05) is 23.5 Å². The van der Waals surface area contributed by atoms with Crippen molar-refractivity contribution in [2.24, 2.45) is 5.73 Å². The average molecular weight is 286 g/mol. The van der Waals surface area contributed by atoms with E-state index in [0.29, 0.717) is 12.1 Å². The smallest absolute Gasteiger partial charge is 0.0503 e. The Balaban J connectivity index is 1.86. The molecule has 1 heterocycles. The van der Waals surface area contributed by atoms with Gasteiger partial charge in [-0.05, 0) is 36.8 Å². The third kappa shape index (κ3) is 3.11. The van der Waals surface area contributed by atoms with E-state index >= 15 is 0 Å². The fourth-order valence-corrected chi connectivity index (χ4v) is 3.60. The summed E-state index contributed by atoms with van der Waals surface area (Å²) >= 11 is 1.84. The molecule has 0 saturated heterocycles. The molecule has 0 aliphatic heterocycles. The largest absolute Gasteiger partial charge is 0.326 e. The van der Waals surface area contributed by atoms with Crippen LogP contribution in [0, 0.1) is 0 Å². The summed E-state index contributed by atoms with van der Waals surface area (Å²) in [6.07, 6.45) is 2.61. The molecule has 1 aromatic carbocycles. The predicted molar refractivity (Wildman–Crippen MR) is 85.7 cm³/mol. The van der Waals surface area contributed by atoms with Crippen molar-refractivity contribution < 1.29 is 0 Å². The van der Waals surface area contributed by atoms with Crippen LogP contribution >= 0.6 is 11.3 Å². The van der Waals surface area contributed by atoms with E-state index in [1.807, 2.05) is 11.3 Å². The summed E-state index contributed by atoms with van der Waals surface area (Å²) in [6, 6.07) is 16.2. The summed E-state index contributed by atoms with van der Waals surface area (Å²) < 4.78 is 0. The van der Waals surface area contributed by atoms with Crippen molar-refractivity contribution >= 4 is 11.3 Å². The Hall–Kier alpha value is -1.16. The Morgan fingerprint density at radius 3 is 2.50 bits per heavy atom. The van der Waals surface area contributed by atoms with Crippen molar-refractivity contribution in [3.05, 3.63) is 58.3 Å². The second-order valence-corrected chi connectivity index (χ2v) is 6.73. The van der Waals surface area contributed by atoms with E-state index in [2.05, 4.69) is 59.7 Å². The molecule has 2 N–H and O–H groups in total. The highest BCUT2D eigenvalue weighted by atomic mass is 32.1. The second-order valence-electron chi connectivity index (χ2n) is 5.70. The summed E-state index contributed by atoms with van der Waals surface area (Å²) in [6.45, 7) is 3.14. The molecule has 1 saturated carbocycles. The van der Waals surface area contributed by atoms with Crippen LogP contribution in [0.1, 0.15) is 36.2 Å². The van der Waals surface area contributed by atoms with Gasteiger partial charge in [0.15, 0.2) is 0 Å². The van der Waals surface area contributed by atoms with Crippen LogP contribution in [0.3, 0.4) is 0 Å². The lowest BCUT2D eigenvalue weighted by Crippen LogP contribution is -2.40. The van der Waals surface area contributed by atoms with E-state index in [1.54, 1.807) is 0 Å². The van der Waals surface area contributed by atoms with Crippen LogP contribution in [0.2, 0.25) is 0 Å². The summed E-state index contributed by atoms with van der Waals surface area (Å²) in [5.74, 6) is 0. The molecule has 2 atom stereocenters. The molecule has 3 rings (SSSR count). The minimum Gasteiger partial charge on any atom is -0.326 e. The molecule has 1 fully saturated rings. The molecule has 1 aromatic heterocycles. The first-order valence-corrected chi connectivity index (χ1v) is 8.22. The van der Waals surface area contributed by atoms with Gasteiger partial charge < -0.3 is 5.73 Å². The Kier molecular flexibility index (Phi) is 4.20. The first-order valence-electron chi connectivity index (χ1n) is 7.34. The van der Waals surface area contributed by atoms with Gasteiger partial charge in [0.05, 0.1) is 6.04 Å². The molecular formula is C17H22N2S. The minimum absolute atomic E-state index is 0.137. The molecule has 2 aromatic rings. The zero-order chi connectivity index (χ0) is 13.9. The molecule has 106 valence electrons. The van der Waals surface area contributed by atoms with E-state index in [1.165, 1.54) is 23.3 Å².